The molecule has 0 radical (unpaired) electrons. The Balaban J connectivity index is 1.84. The molecule has 21 heavy (non-hydrogen) atoms. The molecule has 4 heteroatoms. The first-order valence-electron chi connectivity index (χ1n) is 7.57. The van der Waals surface area contributed by atoms with Gasteiger partial charge >= 0.3 is 6.03 Å². The molecule has 0 saturated heterocycles. The highest BCUT2D eigenvalue weighted by atomic mass is 16.5. The van der Waals surface area contributed by atoms with Crippen LogP contribution in [0.25, 0.3) is 6.08 Å². The Morgan fingerprint density at radius 1 is 1.29 bits per heavy atom. The zero-order valence-corrected chi connectivity index (χ0v) is 12.8. The zero-order chi connectivity index (χ0) is 15.1. The highest BCUT2D eigenvalue weighted by molar-refractivity contribution is 5.76. The summed E-state index contributed by atoms with van der Waals surface area (Å²) in [6, 6.07) is 7.84. The molecule has 0 aliphatic heterocycles. The van der Waals surface area contributed by atoms with Gasteiger partial charge in [0.1, 0.15) is 5.75 Å². The van der Waals surface area contributed by atoms with Gasteiger partial charge in [-0.25, -0.2) is 4.79 Å². The van der Waals surface area contributed by atoms with Crippen LogP contribution in [0.3, 0.4) is 0 Å². The summed E-state index contributed by atoms with van der Waals surface area (Å²) in [5.74, 6) is 1.35. The van der Waals surface area contributed by atoms with Crippen molar-refractivity contribution in [3.8, 4) is 5.75 Å². The minimum atomic E-state index is -0.139. The van der Waals surface area contributed by atoms with Gasteiger partial charge in [0.2, 0.25) is 0 Å². The summed E-state index contributed by atoms with van der Waals surface area (Å²) in [5, 5.41) is 5.82. The van der Waals surface area contributed by atoms with Gasteiger partial charge in [0.25, 0.3) is 0 Å². The zero-order valence-electron chi connectivity index (χ0n) is 12.8. The number of rotatable bonds is 4. The van der Waals surface area contributed by atoms with Gasteiger partial charge in [0.05, 0.1) is 7.11 Å². The Kier molecular flexibility index (Phi) is 5.67. The van der Waals surface area contributed by atoms with E-state index in [2.05, 4.69) is 17.6 Å². The lowest BCUT2D eigenvalue weighted by Gasteiger charge is -2.29. The number of hydrogen-bond acceptors (Lipinski definition) is 2. The van der Waals surface area contributed by atoms with Crippen LogP contribution in [-0.4, -0.2) is 19.2 Å². The van der Waals surface area contributed by atoms with E-state index in [9.17, 15) is 4.79 Å². The predicted octanol–water partition coefficient (Wildman–Crippen LogP) is 3.54. The van der Waals surface area contributed by atoms with Crippen LogP contribution < -0.4 is 15.4 Å². The standard InChI is InChI=1S/C17H24N2O2/c1-13-7-3-5-9-15(13)19-17(20)18-12-11-14-8-4-6-10-16(14)21-2/h4,6,8,10-13,15H,3,5,7,9H2,1-2H3,(H2,18,19,20)/b12-11+. The number of carbonyl (C=O) groups excluding carboxylic acids is 1. The lowest BCUT2D eigenvalue weighted by Crippen LogP contribution is -2.44. The van der Waals surface area contributed by atoms with E-state index in [4.69, 9.17) is 4.74 Å². The highest BCUT2D eigenvalue weighted by Gasteiger charge is 2.22. The summed E-state index contributed by atoms with van der Waals surface area (Å²) in [6.45, 7) is 2.20. The summed E-state index contributed by atoms with van der Waals surface area (Å²) in [7, 11) is 1.64. The van der Waals surface area contributed by atoms with Crippen molar-refractivity contribution in [1.29, 1.82) is 0 Å². The Hall–Kier alpha value is -1.97. The van der Waals surface area contributed by atoms with E-state index >= 15 is 0 Å². The van der Waals surface area contributed by atoms with Gasteiger partial charge in [-0.3, -0.25) is 0 Å². The first-order chi connectivity index (χ1) is 10.2. The number of para-hydroxylation sites is 1. The van der Waals surface area contributed by atoms with Crippen molar-refractivity contribution in [2.75, 3.05) is 7.11 Å². The fraction of sp³-hybridized carbons (Fsp3) is 0.471. The summed E-state index contributed by atoms with van der Waals surface area (Å²) in [5.41, 5.74) is 0.936. The van der Waals surface area contributed by atoms with E-state index in [1.165, 1.54) is 19.3 Å². The van der Waals surface area contributed by atoms with Crippen LogP contribution in [0.1, 0.15) is 38.2 Å². The van der Waals surface area contributed by atoms with Gasteiger partial charge in [-0.2, -0.15) is 0 Å². The maximum Gasteiger partial charge on any atom is 0.318 e. The van der Waals surface area contributed by atoms with Crippen LogP contribution in [-0.2, 0) is 0 Å². The van der Waals surface area contributed by atoms with Crippen LogP contribution in [0, 0.1) is 5.92 Å². The molecule has 1 aromatic carbocycles. The molecule has 1 aliphatic carbocycles. The van der Waals surface area contributed by atoms with Crippen molar-refractivity contribution < 1.29 is 9.53 Å². The molecule has 2 amide bonds. The van der Waals surface area contributed by atoms with Gasteiger partial charge in [-0.05, 0) is 30.9 Å². The van der Waals surface area contributed by atoms with Gasteiger partial charge in [-0.15, -0.1) is 0 Å². The third kappa shape index (κ3) is 4.52. The van der Waals surface area contributed by atoms with Crippen molar-refractivity contribution in [2.45, 2.75) is 38.6 Å². The van der Waals surface area contributed by atoms with Crippen molar-refractivity contribution in [3.05, 3.63) is 36.0 Å². The highest BCUT2D eigenvalue weighted by Crippen LogP contribution is 2.23. The van der Waals surface area contributed by atoms with Gasteiger partial charge < -0.3 is 15.4 Å². The molecular formula is C17H24N2O2. The average molecular weight is 288 g/mol. The van der Waals surface area contributed by atoms with Crippen LogP contribution in [0.4, 0.5) is 4.79 Å². The topological polar surface area (TPSA) is 50.4 Å². The predicted molar refractivity (Wildman–Crippen MR) is 85.1 cm³/mol. The summed E-state index contributed by atoms with van der Waals surface area (Å²) in [6.07, 6.45) is 8.23. The van der Waals surface area contributed by atoms with Crippen LogP contribution in [0.5, 0.6) is 5.75 Å². The van der Waals surface area contributed by atoms with Crippen molar-refractivity contribution in [3.63, 3.8) is 0 Å². The molecule has 0 spiro atoms. The second kappa shape index (κ2) is 7.72. The van der Waals surface area contributed by atoms with E-state index < -0.39 is 0 Å². The van der Waals surface area contributed by atoms with Crippen molar-refractivity contribution in [2.24, 2.45) is 5.92 Å². The second-order valence-corrected chi connectivity index (χ2v) is 5.56. The van der Waals surface area contributed by atoms with E-state index in [0.717, 1.165) is 17.7 Å². The number of carbonyl (C=O) groups is 1. The molecule has 1 aromatic rings. The SMILES string of the molecule is COc1ccccc1/C=C/NC(=O)NC1CCCCC1C. The Labute approximate surface area is 126 Å². The summed E-state index contributed by atoms with van der Waals surface area (Å²) >= 11 is 0. The quantitative estimate of drug-likeness (QED) is 0.890. The minimum absolute atomic E-state index is 0.139. The molecule has 1 saturated carbocycles. The molecule has 4 nitrogen and oxygen atoms in total. The molecule has 0 heterocycles. The molecule has 2 rings (SSSR count). The lowest BCUT2D eigenvalue weighted by atomic mass is 9.86. The molecule has 0 aromatic heterocycles. The number of amides is 2. The summed E-state index contributed by atoms with van der Waals surface area (Å²) in [4.78, 5) is 11.9. The lowest BCUT2D eigenvalue weighted by molar-refractivity contribution is 0.225. The molecule has 1 aliphatic rings. The molecule has 1 fully saturated rings. The Bertz CT molecular complexity index is 499. The third-order valence-corrected chi connectivity index (χ3v) is 4.04. The smallest absolute Gasteiger partial charge is 0.318 e. The van der Waals surface area contributed by atoms with E-state index in [1.807, 2.05) is 30.3 Å². The Morgan fingerprint density at radius 3 is 2.81 bits per heavy atom. The second-order valence-electron chi connectivity index (χ2n) is 5.56. The number of ether oxygens (including phenoxy) is 1. The van der Waals surface area contributed by atoms with Gasteiger partial charge in [-0.1, -0.05) is 38.0 Å². The minimum Gasteiger partial charge on any atom is -0.496 e. The van der Waals surface area contributed by atoms with E-state index in [-0.39, 0.29) is 6.03 Å². The van der Waals surface area contributed by atoms with E-state index in [1.54, 1.807) is 13.3 Å². The molecule has 2 N–H and O–H groups in total. The number of nitrogens with one attached hydrogen (secondary N) is 2. The normalized spacial score (nSPS) is 22.0. The first-order valence-corrected chi connectivity index (χ1v) is 7.57. The maximum absolute atomic E-state index is 11.9. The monoisotopic (exact) mass is 288 g/mol. The van der Waals surface area contributed by atoms with Crippen LogP contribution in [0.15, 0.2) is 30.5 Å². The summed E-state index contributed by atoms with van der Waals surface area (Å²) < 4.78 is 5.26. The average Bonchev–Trinajstić information content (AvgIpc) is 2.50. The molecular weight excluding hydrogens is 264 g/mol. The van der Waals surface area contributed by atoms with E-state index in [0.29, 0.717) is 12.0 Å². The maximum atomic E-state index is 11.9. The van der Waals surface area contributed by atoms with Crippen molar-refractivity contribution >= 4 is 12.1 Å². The fourth-order valence-electron chi connectivity index (χ4n) is 2.75. The number of benzene rings is 1. The first kappa shape index (κ1) is 15.4. The Morgan fingerprint density at radius 2 is 2.05 bits per heavy atom. The van der Waals surface area contributed by atoms with Crippen molar-refractivity contribution in [1.82, 2.24) is 10.6 Å². The number of urea groups is 1. The van der Waals surface area contributed by atoms with Gasteiger partial charge in [0.15, 0.2) is 0 Å². The fourth-order valence-corrected chi connectivity index (χ4v) is 2.75. The molecule has 2 atom stereocenters. The van der Waals surface area contributed by atoms with Crippen LogP contribution in [0.2, 0.25) is 0 Å². The molecule has 0 bridgehead atoms. The van der Waals surface area contributed by atoms with Gasteiger partial charge in [0, 0.05) is 17.8 Å². The number of hydrogen-bond donors (Lipinski definition) is 2. The molecule has 2 unspecified atom stereocenters. The number of methoxy groups -OCH3 is 1. The largest absolute Gasteiger partial charge is 0.496 e. The van der Waals surface area contributed by atoms with Crippen LogP contribution >= 0.6 is 0 Å². The molecule has 114 valence electrons. The third-order valence-electron chi connectivity index (χ3n) is 4.04.